The number of rotatable bonds is 5. The highest BCUT2D eigenvalue weighted by atomic mass is 32.1. The molecule has 6 nitrogen and oxygen atoms in total. The van der Waals surface area contributed by atoms with Crippen LogP contribution in [0.25, 0.3) is 0 Å². The van der Waals surface area contributed by atoms with Gasteiger partial charge in [0.05, 0.1) is 18.6 Å². The summed E-state index contributed by atoms with van der Waals surface area (Å²) in [6.07, 6.45) is 1.56. The predicted molar refractivity (Wildman–Crippen MR) is 73.3 cm³/mol. The summed E-state index contributed by atoms with van der Waals surface area (Å²) in [4.78, 5) is 23.8. The highest BCUT2D eigenvalue weighted by Crippen LogP contribution is 2.22. The summed E-state index contributed by atoms with van der Waals surface area (Å²) < 4.78 is 10.3. The number of hydrogen-bond donors (Lipinski definition) is 2. The maximum Gasteiger partial charge on any atom is 0.326 e. The first-order valence-electron chi connectivity index (χ1n) is 6.35. The van der Waals surface area contributed by atoms with E-state index in [9.17, 15) is 14.7 Å². The zero-order valence-corrected chi connectivity index (χ0v) is 11.9. The van der Waals surface area contributed by atoms with Gasteiger partial charge in [0.2, 0.25) is 0 Å². The lowest BCUT2D eigenvalue weighted by Crippen LogP contribution is -2.48. The summed E-state index contributed by atoms with van der Waals surface area (Å²) >= 11 is 1.22. The maximum absolute atomic E-state index is 12.1. The third-order valence-corrected chi connectivity index (χ3v) is 4.16. The highest BCUT2D eigenvalue weighted by Gasteiger charge is 2.31. The van der Waals surface area contributed by atoms with Gasteiger partial charge in [-0.2, -0.15) is 0 Å². The van der Waals surface area contributed by atoms with E-state index < -0.39 is 17.9 Å². The fourth-order valence-corrected chi connectivity index (χ4v) is 2.92. The Labute approximate surface area is 120 Å². The van der Waals surface area contributed by atoms with Crippen molar-refractivity contribution in [2.75, 3.05) is 20.3 Å². The SMILES string of the molecule is COc1csc(C(=O)N[C@@H](C(=O)O)[C@H]2CCCOC2)c1. The van der Waals surface area contributed by atoms with E-state index in [2.05, 4.69) is 5.32 Å². The van der Waals surface area contributed by atoms with Crippen LogP contribution in [0.1, 0.15) is 22.5 Å². The number of carboxylic acids is 1. The van der Waals surface area contributed by atoms with Crippen molar-refractivity contribution in [1.82, 2.24) is 5.32 Å². The molecular weight excluding hydrogens is 282 g/mol. The number of nitrogens with one attached hydrogen (secondary N) is 1. The second kappa shape index (κ2) is 6.71. The molecule has 2 heterocycles. The van der Waals surface area contributed by atoms with Crippen molar-refractivity contribution in [3.8, 4) is 5.75 Å². The van der Waals surface area contributed by atoms with Crippen LogP contribution >= 0.6 is 11.3 Å². The van der Waals surface area contributed by atoms with Crippen LogP contribution in [0.2, 0.25) is 0 Å². The van der Waals surface area contributed by atoms with E-state index in [1.807, 2.05) is 0 Å². The molecular formula is C13H17NO5S. The van der Waals surface area contributed by atoms with E-state index in [-0.39, 0.29) is 5.92 Å². The van der Waals surface area contributed by atoms with Gasteiger partial charge >= 0.3 is 5.97 Å². The Morgan fingerprint density at radius 1 is 1.60 bits per heavy atom. The van der Waals surface area contributed by atoms with Crippen LogP contribution in [-0.2, 0) is 9.53 Å². The molecule has 7 heteroatoms. The predicted octanol–water partition coefficient (Wildman–Crippen LogP) is 1.37. The quantitative estimate of drug-likeness (QED) is 0.857. The van der Waals surface area contributed by atoms with Gasteiger partial charge in [0.25, 0.3) is 5.91 Å². The third-order valence-electron chi connectivity index (χ3n) is 3.25. The summed E-state index contributed by atoms with van der Waals surface area (Å²) in [5.41, 5.74) is 0. The van der Waals surface area contributed by atoms with Gasteiger partial charge < -0.3 is 19.9 Å². The summed E-state index contributed by atoms with van der Waals surface area (Å²) in [6, 6.07) is 0.673. The van der Waals surface area contributed by atoms with E-state index in [1.165, 1.54) is 18.4 Å². The van der Waals surface area contributed by atoms with Crippen LogP contribution in [0.15, 0.2) is 11.4 Å². The minimum absolute atomic E-state index is 0.188. The van der Waals surface area contributed by atoms with Crippen molar-refractivity contribution >= 4 is 23.2 Å². The standard InChI is InChI=1S/C13H17NO5S/c1-18-9-5-10(20-7-9)12(15)14-11(13(16)17)8-3-2-4-19-6-8/h5,7-8,11H,2-4,6H2,1H3,(H,14,15)(H,16,17)/t8-,11+/m0/s1. The van der Waals surface area contributed by atoms with E-state index in [4.69, 9.17) is 9.47 Å². The average Bonchev–Trinajstić information content (AvgIpc) is 2.94. The van der Waals surface area contributed by atoms with Gasteiger partial charge in [-0.05, 0) is 12.8 Å². The molecule has 2 rings (SSSR count). The first-order valence-corrected chi connectivity index (χ1v) is 7.23. The Hall–Kier alpha value is -1.60. The lowest BCUT2D eigenvalue weighted by atomic mass is 9.93. The zero-order chi connectivity index (χ0) is 14.5. The van der Waals surface area contributed by atoms with E-state index in [0.717, 1.165) is 12.8 Å². The number of carbonyl (C=O) groups is 2. The molecule has 0 aromatic carbocycles. The summed E-state index contributed by atoms with van der Waals surface area (Å²) in [7, 11) is 1.52. The molecule has 0 aliphatic carbocycles. The second-order valence-electron chi connectivity index (χ2n) is 4.62. The van der Waals surface area contributed by atoms with Crippen molar-refractivity contribution < 1.29 is 24.2 Å². The topological polar surface area (TPSA) is 84.9 Å². The number of amides is 1. The lowest BCUT2D eigenvalue weighted by molar-refractivity contribution is -0.142. The first-order chi connectivity index (χ1) is 9.61. The number of hydrogen-bond acceptors (Lipinski definition) is 5. The van der Waals surface area contributed by atoms with Gasteiger partial charge in [-0.15, -0.1) is 11.3 Å². The molecule has 1 aromatic rings. The van der Waals surface area contributed by atoms with Crippen molar-refractivity contribution in [2.45, 2.75) is 18.9 Å². The number of carboxylic acid groups (broad SMARTS) is 1. The smallest absolute Gasteiger partial charge is 0.326 e. The molecule has 1 saturated heterocycles. The summed E-state index contributed by atoms with van der Waals surface area (Å²) in [6.45, 7) is 1.02. The molecule has 2 atom stereocenters. The molecule has 1 aromatic heterocycles. The van der Waals surface area contributed by atoms with Gasteiger partial charge in [-0.3, -0.25) is 4.79 Å². The summed E-state index contributed by atoms with van der Waals surface area (Å²) in [5, 5.41) is 13.6. The van der Waals surface area contributed by atoms with E-state index in [0.29, 0.717) is 23.8 Å². The number of ether oxygens (including phenoxy) is 2. The Balaban J connectivity index is 2.03. The van der Waals surface area contributed by atoms with Crippen LogP contribution in [0.5, 0.6) is 5.75 Å². The largest absolute Gasteiger partial charge is 0.496 e. The fourth-order valence-electron chi connectivity index (χ4n) is 2.17. The zero-order valence-electron chi connectivity index (χ0n) is 11.1. The lowest BCUT2D eigenvalue weighted by Gasteiger charge is -2.27. The van der Waals surface area contributed by atoms with Crippen molar-refractivity contribution in [3.05, 3.63) is 16.3 Å². The summed E-state index contributed by atoms with van der Waals surface area (Å²) in [5.74, 6) is -1.02. The van der Waals surface area contributed by atoms with Crippen LogP contribution in [0.4, 0.5) is 0 Å². The van der Waals surface area contributed by atoms with Crippen molar-refractivity contribution in [2.24, 2.45) is 5.92 Å². The number of carbonyl (C=O) groups excluding carboxylic acids is 1. The molecule has 1 aliphatic rings. The Bertz CT molecular complexity index is 481. The van der Waals surface area contributed by atoms with Crippen LogP contribution in [-0.4, -0.2) is 43.3 Å². The molecule has 0 unspecified atom stereocenters. The highest BCUT2D eigenvalue weighted by molar-refractivity contribution is 7.12. The molecule has 1 amide bonds. The van der Waals surface area contributed by atoms with Gasteiger partial charge in [0, 0.05) is 24.0 Å². The Morgan fingerprint density at radius 3 is 2.95 bits per heavy atom. The molecule has 2 N–H and O–H groups in total. The number of aliphatic carboxylic acids is 1. The van der Waals surface area contributed by atoms with Crippen molar-refractivity contribution in [1.29, 1.82) is 0 Å². The van der Waals surface area contributed by atoms with Gasteiger partial charge in [-0.1, -0.05) is 0 Å². The molecule has 1 aliphatic heterocycles. The van der Waals surface area contributed by atoms with Gasteiger partial charge in [-0.25, -0.2) is 4.79 Å². The normalized spacial score (nSPS) is 20.1. The molecule has 20 heavy (non-hydrogen) atoms. The Morgan fingerprint density at radius 2 is 2.40 bits per heavy atom. The molecule has 0 saturated carbocycles. The van der Waals surface area contributed by atoms with E-state index in [1.54, 1.807) is 11.4 Å². The van der Waals surface area contributed by atoms with Crippen molar-refractivity contribution in [3.63, 3.8) is 0 Å². The first kappa shape index (κ1) is 14.8. The van der Waals surface area contributed by atoms with Crippen LogP contribution in [0.3, 0.4) is 0 Å². The average molecular weight is 299 g/mol. The molecule has 110 valence electrons. The van der Waals surface area contributed by atoms with Crippen LogP contribution in [0, 0.1) is 5.92 Å². The van der Waals surface area contributed by atoms with E-state index >= 15 is 0 Å². The minimum Gasteiger partial charge on any atom is -0.496 e. The van der Waals surface area contributed by atoms with Gasteiger partial charge in [0.15, 0.2) is 0 Å². The molecule has 0 radical (unpaired) electrons. The maximum atomic E-state index is 12.1. The number of thiophene rings is 1. The van der Waals surface area contributed by atoms with Gasteiger partial charge in [0.1, 0.15) is 11.8 Å². The molecule has 1 fully saturated rings. The third kappa shape index (κ3) is 3.49. The number of methoxy groups -OCH3 is 1. The monoisotopic (exact) mass is 299 g/mol. The minimum atomic E-state index is -1.03. The fraction of sp³-hybridized carbons (Fsp3) is 0.538. The molecule has 0 bridgehead atoms. The van der Waals surface area contributed by atoms with Crippen LogP contribution < -0.4 is 10.1 Å². The Kier molecular flexibility index (Phi) is 4.97. The second-order valence-corrected chi connectivity index (χ2v) is 5.53. The molecule has 0 spiro atoms.